The summed E-state index contributed by atoms with van der Waals surface area (Å²) < 4.78 is 49.0. The van der Waals surface area contributed by atoms with Crippen LogP contribution in [-0.4, -0.2) is 36.2 Å². The molecule has 0 unspecified atom stereocenters. The van der Waals surface area contributed by atoms with Crippen LogP contribution in [0.1, 0.15) is 213 Å². The number of carbonyl (C=O) groups is 2. The third-order valence-electron chi connectivity index (χ3n) is 7.99. The minimum absolute atomic E-state index is 0.102. The molecule has 1 N–H and O–H groups in total. The molecule has 0 aliphatic heterocycles. The van der Waals surface area contributed by atoms with Gasteiger partial charge >= 0.3 is 11.9 Å². The normalized spacial score (nSPS) is 14.0. The van der Waals surface area contributed by atoms with Gasteiger partial charge < -0.3 is 14.6 Å². The first kappa shape index (κ1) is 32.3. The molecule has 0 aromatic carbocycles. The molecule has 5 heteroatoms. The zero-order chi connectivity index (χ0) is 35.3. The van der Waals surface area contributed by atoms with Gasteiger partial charge in [0.1, 0.15) is 19.2 Å². The third-order valence-corrected chi connectivity index (χ3v) is 7.99. The number of aliphatic hydroxyl groups is 1. The van der Waals surface area contributed by atoms with Crippen LogP contribution in [0.15, 0.2) is 0 Å². The van der Waals surface area contributed by atoms with E-state index in [1.54, 1.807) is 0 Å². The van der Waals surface area contributed by atoms with Crippen LogP contribution >= 0.6 is 0 Å². The minimum Gasteiger partial charge on any atom is -0.463 e. The Kier molecular flexibility index (Phi) is 26.4. The molecule has 0 fully saturated rings. The second-order valence-corrected chi connectivity index (χ2v) is 12.2. The number of rotatable bonds is 34. The van der Waals surface area contributed by atoms with Crippen molar-refractivity contribution >= 4 is 11.9 Å². The predicted octanol–water partition coefficient (Wildman–Crippen LogP) is 11.2. The van der Waals surface area contributed by atoms with Gasteiger partial charge in [0.15, 0.2) is 0 Å². The number of carbonyl (C=O) groups excluding carboxylic acids is 2. The van der Waals surface area contributed by atoms with E-state index in [9.17, 15) is 14.7 Å². The third kappa shape index (κ3) is 33.4. The van der Waals surface area contributed by atoms with Crippen molar-refractivity contribution in [3.8, 4) is 0 Å². The maximum Gasteiger partial charge on any atom is 0.305 e. The molecule has 0 rings (SSSR count). The van der Waals surface area contributed by atoms with Crippen molar-refractivity contribution in [2.24, 2.45) is 0 Å². The van der Waals surface area contributed by atoms with E-state index < -0.39 is 31.1 Å². The molecule has 0 spiro atoms. The van der Waals surface area contributed by atoms with Crippen LogP contribution in [0.5, 0.6) is 0 Å². The SMILES string of the molecule is [2H]C([2H])(OC(=O)CCCCCCCCCCCCCCCC)C([2H])(O)C([2H])([2H])OC(=O)CCCCCCCCCCCCCCCC. The molecule has 0 aliphatic rings. The summed E-state index contributed by atoms with van der Waals surface area (Å²) in [5, 5.41) is 10.4. The molecule has 0 bridgehead atoms. The lowest BCUT2D eigenvalue weighted by Gasteiger charge is -2.12. The highest BCUT2D eigenvalue weighted by molar-refractivity contribution is 5.69. The van der Waals surface area contributed by atoms with E-state index in [-0.39, 0.29) is 12.8 Å². The number of ether oxygens (including phenoxy) is 2. The summed E-state index contributed by atoms with van der Waals surface area (Å²) in [6, 6.07) is 0. The molecule has 0 heterocycles. The molecule has 0 aromatic rings. The molecular weight excluding hydrogens is 524 g/mol. The van der Waals surface area contributed by atoms with Crippen LogP contribution in [0.4, 0.5) is 0 Å². The summed E-state index contributed by atoms with van der Waals surface area (Å²) in [4.78, 5) is 24.5. The topological polar surface area (TPSA) is 72.8 Å². The van der Waals surface area contributed by atoms with E-state index in [0.717, 1.165) is 51.4 Å². The summed E-state index contributed by atoms with van der Waals surface area (Å²) >= 11 is 0. The summed E-state index contributed by atoms with van der Waals surface area (Å²) in [6.07, 6.45) is 28.5. The fourth-order valence-electron chi connectivity index (χ4n) is 5.26. The second kappa shape index (κ2) is 34.4. The Labute approximate surface area is 268 Å². The Bertz CT molecular complexity index is 703. The smallest absolute Gasteiger partial charge is 0.305 e. The predicted molar refractivity (Wildman–Crippen MR) is 178 cm³/mol. The highest BCUT2D eigenvalue weighted by Crippen LogP contribution is 2.15. The summed E-state index contributed by atoms with van der Waals surface area (Å²) in [5.74, 6) is -1.94. The summed E-state index contributed by atoms with van der Waals surface area (Å²) in [6.45, 7) is -2.37. The van der Waals surface area contributed by atoms with E-state index >= 15 is 0 Å². The lowest BCUT2D eigenvalue weighted by Crippen LogP contribution is -2.25. The molecule has 250 valence electrons. The van der Waals surface area contributed by atoms with E-state index in [0.29, 0.717) is 12.8 Å². The number of esters is 2. The first-order chi connectivity index (χ1) is 22.4. The highest BCUT2D eigenvalue weighted by atomic mass is 16.6. The van der Waals surface area contributed by atoms with Crippen LogP contribution < -0.4 is 0 Å². The van der Waals surface area contributed by atoms with E-state index in [4.69, 9.17) is 16.3 Å². The average Bonchev–Trinajstić information content (AvgIpc) is 3.00. The molecule has 0 aliphatic carbocycles. The molecular formula is C37H72O5. The molecule has 0 saturated heterocycles. The molecule has 0 saturated carbocycles. The van der Waals surface area contributed by atoms with Gasteiger partial charge in [0.2, 0.25) is 0 Å². The Balaban J connectivity index is 4.06. The fourth-order valence-corrected chi connectivity index (χ4v) is 5.26. The lowest BCUT2D eigenvalue weighted by atomic mass is 10.0. The molecule has 42 heavy (non-hydrogen) atoms. The summed E-state index contributed by atoms with van der Waals surface area (Å²) in [7, 11) is 0. The van der Waals surface area contributed by atoms with Crippen LogP contribution in [-0.2, 0) is 19.1 Å². The van der Waals surface area contributed by atoms with Gasteiger partial charge in [0.05, 0.1) is 6.85 Å². The van der Waals surface area contributed by atoms with Gasteiger partial charge in [-0.1, -0.05) is 181 Å². The highest BCUT2D eigenvalue weighted by Gasteiger charge is 2.12. The maximum atomic E-state index is 12.2. The maximum absolute atomic E-state index is 12.2. The van der Waals surface area contributed by atoms with Gasteiger partial charge in [-0.3, -0.25) is 9.59 Å². The number of hydrogen-bond donors (Lipinski definition) is 1. The Morgan fingerprint density at radius 2 is 0.690 bits per heavy atom. The number of hydrogen-bond acceptors (Lipinski definition) is 5. The van der Waals surface area contributed by atoms with Crippen molar-refractivity contribution < 1.29 is 31.0 Å². The van der Waals surface area contributed by atoms with Crippen molar-refractivity contribution in [2.45, 2.75) is 213 Å². The molecule has 5 nitrogen and oxygen atoms in total. The van der Waals surface area contributed by atoms with Gasteiger partial charge in [0.25, 0.3) is 0 Å². The van der Waals surface area contributed by atoms with E-state index in [1.807, 2.05) is 0 Å². The van der Waals surface area contributed by atoms with Crippen LogP contribution in [0.25, 0.3) is 0 Å². The van der Waals surface area contributed by atoms with Crippen molar-refractivity contribution in [3.05, 3.63) is 0 Å². The van der Waals surface area contributed by atoms with Crippen molar-refractivity contribution in [1.82, 2.24) is 0 Å². The molecule has 0 radical (unpaired) electrons. The standard InChI is InChI=1S/C37H72O5/c1-3-5-7-9-11-13-15-17-19-21-23-25-27-29-31-36(39)41-33-35(38)34-42-37(40)32-30-28-26-24-22-20-18-16-14-12-10-8-6-4-2/h35,38H,3-34H2,1-2H3/i33D2,34D2,35D. The Morgan fingerprint density at radius 1 is 0.476 bits per heavy atom. The Hall–Kier alpha value is -1.10. The largest absolute Gasteiger partial charge is 0.463 e. The Morgan fingerprint density at radius 3 is 0.929 bits per heavy atom. The van der Waals surface area contributed by atoms with Gasteiger partial charge in [-0.25, -0.2) is 0 Å². The van der Waals surface area contributed by atoms with E-state index in [1.165, 1.54) is 116 Å². The van der Waals surface area contributed by atoms with Gasteiger partial charge in [0, 0.05) is 12.8 Å². The molecule has 0 amide bonds. The molecule has 0 aromatic heterocycles. The van der Waals surface area contributed by atoms with Gasteiger partial charge in [-0.15, -0.1) is 0 Å². The lowest BCUT2D eigenvalue weighted by molar-refractivity contribution is -0.152. The zero-order valence-corrected chi connectivity index (χ0v) is 27.8. The first-order valence-electron chi connectivity index (χ1n) is 20.6. The monoisotopic (exact) mass is 602 g/mol. The number of unbranched alkanes of at least 4 members (excludes halogenated alkanes) is 26. The van der Waals surface area contributed by atoms with E-state index in [2.05, 4.69) is 13.8 Å². The van der Waals surface area contributed by atoms with Crippen LogP contribution in [0, 0.1) is 0 Å². The fraction of sp³-hybridized carbons (Fsp3) is 0.946. The van der Waals surface area contributed by atoms with Crippen LogP contribution in [0.2, 0.25) is 0 Å². The van der Waals surface area contributed by atoms with Crippen molar-refractivity contribution in [2.75, 3.05) is 13.1 Å². The van der Waals surface area contributed by atoms with Crippen molar-refractivity contribution in [1.29, 1.82) is 0 Å². The minimum atomic E-state index is -3.64. The molecule has 0 atom stereocenters. The van der Waals surface area contributed by atoms with Crippen molar-refractivity contribution in [3.63, 3.8) is 0 Å². The second-order valence-electron chi connectivity index (χ2n) is 12.2. The van der Waals surface area contributed by atoms with Gasteiger partial charge in [-0.05, 0) is 12.8 Å². The zero-order valence-electron chi connectivity index (χ0n) is 32.8. The quantitative estimate of drug-likeness (QED) is 0.0586. The van der Waals surface area contributed by atoms with Gasteiger partial charge in [-0.2, -0.15) is 0 Å². The van der Waals surface area contributed by atoms with Crippen LogP contribution in [0.3, 0.4) is 0 Å². The first-order valence-corrected chi connectivity index (χ1v) is 18.1. The average molecular weight is 602 g/mol. The summed E-state index contributed by atoms with van der Waals surface area (Å²) in [5.41, 5.74) is 0.